The molecule has 2 aromatic rings. The van der Waals surface area contributed by atoms with E-state index in [9.17, 15) is 9.18 Å². The Morgan fingerprint density at radius 1 is 1.39 bits per heavy atom. The van der Waals surface area contributed by atoms with Crippen LogP contribution >= 0.6 is 15.9 Å². The minimum Gasteiger partial charge on any atom is -0.453 e. The van der Waals surface area contributed by atoms with Crippen LogP contribution in [0.2, 0.25) is 0 Å². The number of H-pyrrole nitrogens is 1. The zero-order valence-electron chi connectivity index (χ0n) is 9.61. The second-order valence-electron chi connectivity index (χ2n) is 3.83. The first-order chi connectivity index (χ1) is 8.56. The molecule has 1 atom stereocenters. The predicted molar refractivity (Wildman–Crippen MR) is 68.7 cm³/mol. The SMILES string of the molecule is CC(OC(=O)c1cc(Br)c[nH]1)c1ccc(F)cc1. The van der Waals surface area contributed by atoms with Crippen LogP contribution in [0.25, 0.3) is 0 Å². The van der Waals surface area contributed by atoms with Gasteiger partial charge >= 0.3 is 5.97 Å². The van der Waals surface area contributed by atoms with Crippen LogP contribution in [0.1, 0.15) is 29.1 Å². The average Bonchev–Trinajstić information content (AvgIpc) is 2.76. The summed E-state index contributed by atoms with van der Waals surface area (Å²) in [5.41, 5.74) is 1.12. The van der Waals surface area contributed by atoms with Crippen LogP contribution in [0.15, 0.2) is 41.0 Å². The second-order valence-corrected chi connectivity index (χ2v) is 4.75. The van der Waals surface area contributed by atoms with Crippen molar-refractivity contribution in [3.8, 4) is 0 Å². The number of benzene rings is 1. The molecule has 5 heteroatoms. The summed E-state index contributed by atoms with van der Waals surface area (Å²) in [6.45, 7) is 1.74. The Bertz CT molecular complexity index is 550. The predicted octanol–water partition coefficient (Wildman–Crippen LogP) is 3.83. The van der Waals surface area contributed by atoms with E-state index in [0.29, 0.717) is 5.69 Å². The van der Waals surface area contributed by atoms with Crippen molar-refractivity contribution in [2.24, 2.45) is 0 Å². The number of carbonyl (C=O) groups is 1. The topological polar surface area (TPSA) is 42.1 Å². The third-order valence-electron chi connectivity index (χ3n) is 2.49. The third-order valence-corrected chi connectivity index (χ3v) is 2.95. The first-order valence-electron chi connectivity index (χ1n) is 5.36. The normalized spacial score (nSPS) is 12.2. The molecule has 0 radical (unpaired) electrons. The number of hydrogen-bond donors (Lipinski definition) is 1. The van der Waals surface area contributed by atoms with Gasteiger partial charge < -0.3 is 9.72 Å². The van der Waals surface area contributed by atoms with Crippen LogP contribution < -0.4 is 0 Å². The molecule has 0 aliphatic heterocycles. The molecule has 0 aliphatic rings. The fourth-order valence-corrected chi connectivity index (χ4v) is 1.86. The molecule has 0 aliphatic carbocycles. The number of hydrogen-bond acceptors (Lipinski definition) is 2. The highest BCUT2D eigenvalue weighted by Gasteiger charge is 2.15. The number of esters is 1. The minimum atomic E-state index is -0.447. The molecule has 0 spiro atoms. The molecule has 3 nitrogen and oxygen atoms in total. The highest BCUT2D eigenvalue weighted by molar-refractivity contribution is 9.10. The molecule has 18 heavy (non-hydrogen) atoms. The summed E-state index contributed by atoms with van der Waals surface area (Å²) in [4.78, 5) is 14.6. The maximum atomic E-state index is 12.8. The number of ether oxygens (including phenoxy) is 1. The van der Waals surface area contributed by atoms with Crippen molar-refractivity contribution in [3.63, 3.8) is 0 Å². The Labute approximate surface area is 112 Å². The van der Waals surface area contributed by atoms with Crippen LogP contribution in [-0.4, -0.2) is 11.0 Å². The lowest BCUT2D eigenvalue weighted by molar-refractivity contribution is 0.0331. The van der Waals surface area contributed by atoms with Gasteiger partial charge in [0, 0.05) is 10.7 Å². The summed E-state index contributed by atoms with van der Waals surface area (Å²) in [6.07, 6.45) is 1.22. The van der Waals surface area contributed by atoms with Crippen molar-refractivity contribution in [2.45, 2.75) is 13.0 Å². The van der Waals surface area contributed by atoms with E-state index in [-0.39, 0.29) is 5.82 Å². The second kappa shape index (κ2) is 5.35. The van der Waals surface area contributed by atoms with Crippen LogP contribution in [0.4, 0.5) is 4.39 Å². The standard InChI is InChI=1S/C13H11BrFNO2/c1-8(9-2-4-11(15)5-3-9)18-13(17)12-6-10(14)7-16-12/h2-8,16H,1H3. The van der Waals surface area contributed by atoms with Gasteiger partial charge in [-0.25, -0.2) is 9.18 Å². The lowest BCUT2D eigenvalue weighted by Crippen LogP contribution is -2.09. The van der Waals surface area contributed by atoms with Gasteiger partial charge in [-0.3, -0.25) is 0 Å². The van der Waals surface area contributed by atoms with Gasteiger partial charge in [-0.15, -0.1) is 0 Å². The molecule has 1 aromatic carbocycles. The van der Waals surface area contributed by atoms with E-state index >= 15 is 0 Å². The van der Waals surface area contributed by atoms with Gasteiger partial charge in [0.2, 0.25) is 0 Å². The lowest BCUT2D eigenvalue weighted by Gasteiger charge is -2.12. The average molecular weight is 312 g/mol. The fraction of sp³-hybridized carbons (Fsp3) is 0.154. The van der Waals surface area contributed by atoms with Gasteiger partial charge in [0.05, 0.1) is 0 Å². The van der Waals surface area contributed by atoms with Gasteiger partial charge in [-0.05, 0) is 46.6 Å². The van der Waals surface area contributed by atoms with Crippen molar-refractivity contribution in [1.29, 1.82) is 0 Å². The van der Waals surface area contributed by atoms with Crippen LogP contribution in [0.5, 0.6) is 0 Å². The zero-order valence-corrected chi connectivity index (χ0v) is 11.2. The largest absolute Gasteiger partial charge is 0.453 e. The number of nitrogens with one attached hydrogen (secondary N) is 1. The zero-order chi connectivity index (χ0) is 13.1. The van der Waals surface area contributed by atoms with E-state index in [0.717, 1.165) is 10.0 Å². The van der Waals surface area contributed by atoms with E-state index in [1.54, 1.807) is 31.3 Å². The summed E-state index contributed by atoms with van der Waals surface area (Å²) in [5.74, 6) is -0.761. The summed E-state index contributed by atoms with van der Waals surface area (Å²) in [5, 5.41) is 0. The maximum Gasteiger partial charge on any atom is 0.355 e. The van der Waals surface area contributed by atoms with Gasteiger partial charge in [0.1, 0.15) is 17.6 Å². The molecule has 1 heterocycles. The van der Waals surface area contributed by atoms with Gasteiger partial charge in [-0.1, -0.05) is 12.1 Å². The fourth-order valence-electron chi connectivity index (χ4n) is 1.51. The number of rotatable bonds is 3. The Hall–Kier alpha value is -1.62. The van der Waals surface area contributed by atoms with Crippen molar-refractivity contribution >= 4 is 21.9 Å². The molecule has 0 amide bonds. The molecule has 1 N–H and O–H groups in total. The summed E-state index contributed by atoms with van der Waals surface area (Å²) in [6, 6.07) is 7.51. The summed E-state index contributed by atoms with van der Waals surface area (Å²) < 4.78 is 18.8. The van der Waals surface area contributed by atoms with Crippen LogP contribution in [0.3, 0.4) is 0 Å². The Kier molecular flexibility index (Phi) is 3.81. The molecule has 1 unspecified atom stereocenters. The quantitative estimate of drug-likeness (QED) is 0.875. The minimum absolute atomic E-state index is 0.314. The van der Waals surface area contributed by atoms with E-state index in [4.69, 9.17) is 4.74 Å². The van der Waals surface area contributed by atoms with E-state index < -0.39 is 12.1 Å². The summed E-state index contributed by atoms with van der Waals surface area (Å²) >= 11 is 3.24. The number of halogens is 2. The number of aromatic amines is 1. The maximum absolute atomic E-state index is 12.8. The van der Waals surface area contributed by atoms with Crippen molar-refractivity contribution in [3.05, 3.63) is 58.1 Å². The third kappa shape index (κ3) is 2.98. The summed E-state index contributed by atoms with van der Waals surface area (Å²) in [7, 11) is 0. The molecular formula is C13H11BrFNO2. The van der Waals surface area contributed by atoms with E-state index in [1.165, 1.54) is 12.1 Å². The monoisotopic (exact) mass is 311 g/mol. The van der Waals surface area contributed by atoms with Crippen molar-refractivity contribution in [1.82, 2.24) is 4.98 Å². The Balaban J connectivity index is 2.05. The Morgan fingerprint density at radius 2 is 2.06 bits per heavy atom. The lowest BCUT2D eigenvalue weighted by atomic mass is 10.1. The Morgan fingerprint density at radius 3 is 2.61 bits per heavy atom. The molecule has 2 rings (SSSR count). The molecule has 0 saturated heterocycles. The molecule has 94 valence electrons. The molecule has 0 bridgehead atoms. The van der Waals surface area contributed by atoms with Gasteiger partial charge in [0.25, 0.3) is 0 Å². The highest BCUT2D eigenvalue weighted by Crippen LogP contribution is 2.19. The van der Waals surface area contributed by atoms with E-state index in [1.807, 2.05) is 0 Å². The van der Waals surface area contributed by atoms with Crippen molar-refractivity contribution < 1.29 is 13.9 Å². The first-order valence-corrected chi connectivity index (χ1v) is 6.16. The van der Waals surface area contributed by atoms with Crippen molar-refractivity contribution in [2.75, 3.05) is 0 Å². The first kappa shape index (κ1) is 12.8. The van der Waals surface area contributed by atoms with Crippen LogP contribution in [-0.2, 0) is 4.74 Å². The van der Waals surface area contributed by atoms with Crippen LogP contribution in [0, 0.1) is 5.82 Å². The molecule has 0 saturated carbocycles. The molecular weight excluding hydrogens is 301 g/mol. The van der Waals surface area contributed by atoms with Gasteiger partial charge in [0.15, 0.2) is 0 Å². The molecule has 0 fully saturated rings. The smallest absolute Gasteiger partial charge is 0.355 e. The molecule has 1 aromatic heterocycles. The number of carbonyl (C=O) groups excluding carboxylic acids is 1. The van der Waals surface area contributed by atoms with Gasteiger partial charge in [-0.2, -0.15) is 0 Å². The van der Waals surface area contributed by atoms with E-state index in [2.05, 4.69) is 20.9 Å². The number of aromatic nitrogens is 1. The highest BCUT2D eigenvalue weighted by atomic mass is 79.9.